The highest BCUT2D eigenvalue weighted by Gasteiger charge is 2.25. The Labute approximate surface area is 108 Å². The van der Waals surface area contributed by atoms with Crippen LogP contribution in [0.1, 0.15) is 50.1 Å². The number of rotatable bonds is 2. The van der Waals surface area contributed by atoms with Crippen LogP contribution in [0.3, 0.4) is 0 Å². The average Bonchev–Trinajstić information content (AvgIpc) is 2.70. The Morgan fingerprint density at radius 3 is 2.83 bits per heavy atom. The van der Waals surface area contributed by atoms with Gasteiger partial charge in [0.25, 0.3) is 5.91 Å². The van der Waals surface area contributed by atoms with Crippen LogP contribution in [0.2, 0.25) is 0 Å². The standard InChI is InChI=1S/C13H22N4O/c1-9(2)17-8-11(14)12(15-17)13(18)16-6-4-5-10(3)7-16/h8-10H,4-7,14H2,1-3H3. The van der Waals surface area contributed by atoms with E-state index in [9.17, 15) is 4.79 Å². The highest BCUT2D eigenvalue weighted by Crippen LogP contribution is 2.20. The van der Waals surface area contributed by atoms with E-state index in [1.54, 1.807) is 10.9 Å². The number of piperidine rings is 1. The van der Waals surface area contributed by atoms with Gasteiger partial charge in [-0.3, -0.25) is 9.48 Å². The summed E-state index contributed by atoms with van der Waals surface area (Å²) in [5, 5.41) is 4.31. The van der Waals surface area contributed by atoms with Crippen LogP contribution in [0.5, 0.6) is 0 Å². The van der Waals surface area contributed by atoms with Crippen molar-refractivity contribution >= 4 is 11.6 Å². The summed E-state index contributed by atoms with van der Waals surface area (Å²) in [4.78, 5) is 14.2. The van der Waals surface area contributed by atoms with E-state index in [0.717, 1.165) is 19.5 Å². The molecular formula is C13H22N4O. The third kappa shape index (κ3) is 2.49. The van der Waals surface area contributed by atoms with Crippen molar-refractivity contribution in [3.05, 3.63) is 11.9 Å². The van der Waals surface area contributed by atoms with Gasteiger partial charge in [0.2, 0.25) is 0 Å². The van der Waals surface area contributed by atoms with Gasteiger partial charge in [0.1, 0.15) is 0 Å². The van der Waals surface area contributed by atoms with Crippen molar-refractivity contribution in [1.29, 1.82) is 0 Å². The summed E-state index contributed by atoms with van der Waals surface area (Å²) in [5.74, 6) is 0.537. The second kappa shape index (κ2) is 5.00. The molecule has 1 amide bonds. The molecule has 1 aliphatic rings. The van der Waals surface area contributed by atoms with E-state index in [-0.39, 0.29) is 11.9 Å². The quantitative estimate of drug-likeness (QED) is 0.872. The van der Waals surface area contributed by atoms with Crippen molar-refractivity contribution in [1.82, 2.24) is 14.7 Å². The zero-order valence-electron chi connectivity index (χ0n) is 11.4. The summed E-state index contributed by atoms with van der Waals surface area (Å²) in [7, 11) is 0. The first-order valence-corrected chi connectivity index (χ1v) is 6.63. The number of likely N-dealkylation sites (tertiary alicyclic amines) is 1. The molecule has 2 rings (SSSR count). The van der Waals surface area contributed by atoms with Crippen LogP contribution in [-0.2, 0) is 0 Å². The Kier molecular flexibility index (Phi) is 3.59. The molecule has 0 aliphatic carbocycles. The number of carbonyl (C=O) groups excluding carboxylic acids is 1. The van der Waals surface area contributed by atoms with Crippen molar-refractivity contribution in [2.45, 2.75) is 39.7 Å². The molecule has 1 atom stereocenters. The van der Waals surface area contributed by atoms with Crippen LogP contribution >= 0.6 is 0 Å². The molecule has 1 aromatic heterocycles. The number of amides is 1. The molecular weight excluding hydrogens is 228 g/mol. The number of nitrogens with two attached hydrogens (primary N) is 1. The Morgan fingerprint density at radius 1 is 1.56 bits per heavy atom. The van der Waals surface area contributed by atoms with Crippen LogP contribution < -0.4 is 5.73 Å². The number of nitrogens with zero attached hydrogens (tertiary/aromatic N) is 3. The number of aromatic nitrogens is 2. The SMILES string of the molecule is CC1CCCN(C(=O)c2nn(C(C)C)cc2N)C1. The summed E-state index contributed by atoms with van der Waals surface area (Å²) in [6.07, 6.45) is 4.00. The minimum Gasteiger partial charge on any atom is -0.396 e. The molecule has 2 N–H and O–H groups in total. The van der Waals surface area contributed by atoms with Gasteiger partial charge in [0.15, 0.2) is 5.69 Å². The smallest absolute Gasteiger partial charge is 0.276 e. The summed E-state index contributed by atoms with van der Waals surface area (Å²) in [6.45, 7) is 7.84. The van der Waals surface area contributed by atoms with Gasteiger partial charge in [-0.25, -0.2) is 0 Å². The highest BCUT2D eigenvalue weighted by atomic mass is 16.2. The van der Waals surface area contributed by atoms with Gasteiger partial charge in [-0.2, -0.15) is 5.10 Å². The molecule has 5 heteroatoms. The molecule has 18 heavy (non-hydrogen) atoms. The average molecular weight is 250 g/mol. The van der Waals surface area contributed by atoms with E-state index in [4.69, 9.17) is 5.73 Å². The molecule has 2 heterocycles. The van der Waals surface area contributed by atoms with Gasteiger partial charge < -0.3 is 10.6 Å². The second-order valence-electron chi connectivity index (χ2n) is 5.51. The molecule has 1 unspecified atom stereocenters. The third-order valence-electron chi connectivity index (χ3n) is 3.44. The Bertz CT molecular complexity index is 438. The van der Waals surface area contributed by atoms with Crippen LogP contribution in [0.4, 0.5) is 5.69 Å². The fourth-order valence-corrected chi connectivity index (χ4v) is 2.36. The van der Waals surface area contributed by atoms with Crippen molar-refractivity contribution in [3.63, 3.8) is 0 Å². The van der Waals surface area contributed by atoms with E-state index < -0.39 is 0 Å². The first kappa shape index (κ1) is 12.9. The van der Waals surface area contributed by atoms with E-state index in [1.165, 1.54) is 6.42 Å². The lowest BCUT2D eigenvalue weighted by atomic mass is 10.00. The molecule has 100 valence electrons. The first-order valence-electron chi connectivity index (χ1n) is 6.63. The number of hydrogen-bond acceptors (Lipinski definition) is 3. The number of anilines is 1. The molecule has 0 bridgehead atoms. The summed E-state index contributed by atoms with van der Waals surface area (Å²) in [5.41, 5.74) is 6.77. The van der Waals surface area contributed by atoms with Crippen LogP contribution in [0, 0.1) is 5.92 Å². The van der Waals surface area contributed by atoms with Crippen molar-refractivity contribution in [2.24, 2.45) is 5.92 Å². The molecule has 1 saturated heterocycles. The van der Waals surface area contributed by atoms with Crippen molar-refractivity contribution in [3.8, 4) is 0 Å². The lowest BCUT2D eigenvalue weighted by Crippen LogP contribution is -2.39. The molecule has 1 aliphatic heterocycles. The van der Waals surface area contributed by atoms with E-state index >= 15 is 0 Å². The van der Waals surface area contributed by atoms with Crippen molar-refractivity contribution in [2.75, 3.05) is 18.8 Å². The maximum atomic E-state index is 12.4. The third-order valence-corrected chi connectivity index (χ3v) is 3.44. The van der Waals surface area contributed by atoms with Gasteiger partial charge in [0, 0.05) is 25.3 Å². The van der Waals surface area contributed by atoms with Gasteiger partial charge in [0.05, 0.1) is 5.69 Å². The molecule has 5 nitrogen and oxygen atoms in total. The molecule has 0 saturated carbocycles. The van der Waals surface area contributed by atoms with Crippen molar-refractivity contribution < 1.29 is 4.79 Å². The zero-order valence-corrected chi connectivity index (χ0v) is 11.4. The van der Waals surface area contributed by atoms with Gasteiger partial charge in [-0.15, -0.1) is 0 Å². The Balaban J connectivity index is 2.17. The Morgan fingerprint density at radius 2 is 2.28 bits per heavy atom. The fraction of sp³-hybridized carbons (Fsp3) is 0.692. The van der Waals surface area contributed by atoms with Crippen LogP contribution in [-0.4, -0.2) is 33.7 Å². The minimum atomic E-state index is -0.0292. The van der Waals surface area contributed by atoms with Gasteiger partial charge in [-0.05, 0) is 32.6 Å². The maximum absolute atomic E-state index is 12.4. The zero-order chi connectivity index (χ0) is 13.3. The maximum Gasteiger partial charge on any atom is 0.276 e. The largest absolute Gasteiger partial charge is 0.396 e. The Hall–Kier alpha value is -1.52. The monoisotopic (exact) mass is 250 g/mol. The van der Waals surface area contributed by atoms with E-state index in [2.05, 4.69) is 12.0 Å². The van der Waals surface area contributed by atoms with Crippen LogP contribution in [0.25, 0.3) is 0 Å². The fourth-order valence-electron chi connectivity index (χ4n) is 2.36. The van der Waals surface area contributed by atoms with Gasteiger partial charge in [-0.1, -0.05) is 6.92 Å². The van der Waals surface area contributed by atoms with Gasteiger partial charge >= 0.3 is 0 Å². The summed E-state index contributed by atoms with van der Waals surface area (Å²) < 4.78 is 1.75. The van der Waals surface area contributed by atoms with E-state index in [0.29, 0.717) is 17.3 Å². The molecule has 0 radical (unpaired) electrons. The van der Waals surface area contributed by atoms with E-state index in [1.807, 2.05) is 18.7 Å². The predicted octanol–water partition coefficient (Wildman–Crippen LogP) is 1.92. The lowest BCUT2D eigenvalue weighted by Gasteiger charge is -2.30. The first-order chi connectivity index (χ1) is 8.49. The summed E-state index contributed by atoms with van der Waals surface area (Å²) >= 11 is 0. The minimum absolute atomic E-state index is 0.0292. The van der Waals surface area contributed by atoms with Crippen LogP contribution in [0.15, 0.2) is 6.20 Å². The molecule has 1 aromatic rings. The molecule has 0 aromatic carbocycles. The number of nitrogen functional groups attached to an aromatic ring is 1. The normalized spacial score (nSPS) is 20.4. The molecule has 1 fully saturated rings. The summed E-state index contributed by atoms with van der Waals surface area (Å²) in [6, 6.07) is 0.217. The lowest BCUT2D eigenvalue weighted by molar-refractivity contribution is 0.0677. The molecule has 0 spiro atoms. The number of carbonyl (C=O) groups is 1. The number of hydrogen-bond donors (Lipinski definition) is 1. The predicted molar refractivity (Wildman–Crippen MR) is 71.3 cm³/mol. The highest BCUT2D eigenvalue weighted by molar-refractivity contribution is 5.97. The second-order valence-corrected chi connectivity index (χ2v) is 5.51. The topological polar surface area (TPSA) is 64.2 Å².